The van der Waals surface area contributed by atoms with E-state index in [9.17, 15) is 0 Å². The molecule has 2 aromatic carbocycles. The van der Waals surface area contributed by atoms with Gasteiger partial charge in [-0.25, -0.2) is 0 Å². The lowest BCUT2D eigenvalue weighted by molar-refractivity contribution is -0.146. The molecule has 0 aromatic heterocycles. The van der Waals surface area contributed by atoms with Crippen molar-refractivity contribution in [1.82, 2.24) is 0 Å². The van der Waals surface area contributed by atoms with Crippen molar-refractivity contribution in [2.45, 2.75) is 78.3 Å². The van der Waals surface area contributed by atoms with E-state index in [0.717, 1.165) is 31.4 Å². The van der Waals surface area contributed by atoms with Gasteiger partial charge in [0.05, 0.1) is 6.10 Å². The van der Waals surface area contributed by atoms with E-state index in [0.29, 0.717) is 18.4 Å². The van der Waals surface area contributed by atoms with E-state index in [4.69, 9.17) is 9.47 Å². The highest BCUT2D eigenvalue weighted by Gasteiger charge is 2.25. The Labute approximate surface area is 171 Å². The van der Waals surface area contributed by atoms with Gasteiger partial charge in [0, 0.05) is 6.42 Å². The molecule has 0 bridgehead atoms. The van der Waals surface area contributed by atoms with Gasteiger partial charge in [0.2, 0.25) is 0 Å². The Morgan fingerprint density at radius 2 is 1.82 bits per heavy atom. The van der Waals surface area contributed by atoms with Crippen LogP contribution in [0.1, 0.15) is 55.6 Å². The van der Waals surface area contributed by atoms with Crippen LogP contribution in [0.3, 0.4) is 0 Å². The molecule has 2 aromatic rings. The Morgan fingerprint density at radius 1 is 1.07 bits per heavy atom. The summed E-state index contributed by atoms with van der Waals surface area (Å²) >= 11 is 0. The minimum Gasteiger partial charge on any atom is -0.465 e. The topological polar surface area (TPSA) is 18.5 Å². The zero-order valence-electron chi connectivity index (χ0n) is 18.2. The van der Waals surface area contributed by atoms with Gasteiger partial charge in [0.1, 0.15) is 12.5 Å². The van der Waals surface area contributed by atoms with Crippen molar-refractivity contribution in [3.05, 3.63) is 65.2 Å². The molecule has 3 rings (SSSR count). The number of hydrogen-bond acceptors (Lipinski definition) is 2. The summed E-state index contributed by atoms with van der Waals surface area (Å²) in [6.45, 7) is 12.0. The van der Waals surface area contributed by atoms with E-state index in [1.54, 1.807) is 0 Å². The summed E-state index contributed by atoms with van der Waals surface area (Å²) < 4.78 is 12.6. The van der Waals surface area contributed by atoms with Crippen LogP contribution in [-0.4, -0.2) is 19.1 Å². The van der Waals surface area contributed by atoms with Crippen LogP contribution < -0.4 is 4.74 Å². The molecule has 1 heterocycles. The number of rotatable bonds is 7. The van der Waals surface area contributed by atoms with E-state index in [2.05, 4.69) is 82.9 Å². The maximum Gasteiger partial charge on any atom is 0.200 e. The minimum atomic E-state index is -0.141. The molecule has 0 aliphatic carbocycles. The first-order valence-corrected chi connectivity index (χ1v) is 10.9. The molecule has 1 saturated heterocycles. The van der Waals surface area contributed by atoms with E-state index < -0.39 is 0 Å². The number of hydrogen-bond donors (Lipinski definition) is 0. The van der Waals surface area contributed by atoms with Crippen LogP contribution in [0.4, 0.5) is 0 Å². The maximum absolute atomic E-state index is 6.29. The second-order valence-corrected chi connectivity index (χ2v) is 8.96. The lowest BCUT2D eigenvalue weighted by Crippen LogP contribution is -2.33. The van der Waals surface area contributed by atoms with Crippen LogP contribution in [0.15, 0.2) is 48.5 Å². The van der Waals surface area contributed by atoms with Crippen molar-refractivity contribution < 1.29 is 9.47 Å². The average molecular weight is 378 g/mol. The molecule has 0 radical (unpaired) electrons. The van der Waals surface area contributed by atoms with Gasteiger partial charge in [-0.05, 0) is 55.1 Å². The monoisotopic (exact) mass is 378 g/mol. The van der Waals surface area contributed by atoms with Crippen LogP contribution in [0.25, 0.3) is 0 Å². The van der Waals surface area contributed by atoms with Crippen molar-refractivity contribution in [3.63, 3.8) is 0 Å². The molecule has 1 fully saturated rings. The first kappa shape index (κ1) is 21.0. The number of benzene rings is 2. The lowest BCUT2D eigenvalue weighted by atomic mass is 9.41. The van der Waals surface area contributed by atoms with Gasteiger partial charge < -0.3 is 9.47 Å². The van der Waals surface area contributed by atoms with Crippen LogP contribution in [0, 0.1) is 12.8 Å². The Bertz CT molecular complexity index is 733. The smallest absolute Gasteiger partial charge is 0.200 e. The molecule has 0 amide bonds. The Balaban J connectivity index is 1.64. The highest BCUT2D eigenvalue weighted by molar-refractivity contribution is 6.57. The summed E-state index contributed by atoms with van der Waals surface area (Å²) in [5.41, 5.74) is 3.96. The third kappa shape index (κ3) is 5.41. The molecule has 3 unspecified atom stereocenters. The van der Waals surface area contributed by atoms with E-state index in [-0.39, 0.29) is 12.4 Å². The van der Waals surface area contributed by atoms with Gasteiger partial charge in [-0.3, -0.25) is 0 Å². The molecule has 2 nitrogen and oxygen atoms in total. The van der Waals surface area contributed by atoms with Crippen molar-refractivity contribution in [3.8, 4) is 5.75 Å². The molecular formula is C25H35BO2. The molecule has 0 N–H and O–H groups in total. The molecule has 150 valence electrons. The molecule has 0 spiro atoms. The summed E-state index contributed by atoms with van der Waals surface area (Å²) in [4.78, 5) is 0. The minimum absolute atomic E-state index is 0.141. The molecule has 1 aliphatic rings. The summed E-state index contributed by atoms with van der Waals surface area (Å²) in [6, 6.07) is 17.3. The maximum atomic E-state index is 6.29. The zero-order chi connectivity index (χ0) is 20.1. The quantitative estimate of drug-likeness (QED) is 0.509. The van der Waals surface area contributed by atoms with Crippen molar-refractivity contribution in [1.29, 1.82) is 0 Å². The molecule has 28 heavy (non-hydrogen) atoms. The van der Waals surface area contributed by atoms with E-state index in [1.165, 1.54) is 16.7 Å². The van der Waals surface area contributed by atoms with Gasteiger partial charge in [-0.15, -0.1) is 0 Å². The van der Waals surface area contributed by atoms with Crippen molar-refractivity contribution in [2.75, 3.05) is 0 Å². The van der Waals surface area contributed by atoms with Crippen LogP contribution in [0.5, 0.6) is 5.75 Å². The first-order chi connectivity index (χ1) is 13.4. The van der Waals surface area contributed by atoms with Gasteiger partial charge in [-0.1, -0.05) is 75.5 Å². The molecule has 3 heteroatoms. The second-order valence-electron chi connectivity index (χ2n) is 8.96. The fraction of sp³-hybridized carbons (Fsp3) is 0.520. The second kappa shape index (κ2) is 9.65. The molecule has 0 saturated carbocycles. The van der Waals surface area contributed by atoms with E-state index in [1.807, 2.05) is 0 Å². The predicted molar refractivity (Wildman–Crippen MR) is 120 cm³/mol. The lowest BCUT2D eigenvalue weighted by Gasteiger charge is -2.31. The highest BCUT2D eigenvalue weighted by Crippen LogP contribution is 2.32. The predicted octanol–water partition coefficient (Wildman–Crippen LogP) is 6.54. The van der Waals surface area contributed by atoms with Gasteiger partial charge in [0.15, 0.2) is 6.29 Å². The largest absolute Gasteiger partial charge is 0.465 e. The molecule has 1 aliphatic heterocycles. The number of aryl methyl sites for hydroxylation is 1. The first-order valence-electron chi connectivity index (χ1n) is 10.9. The summed E-state index contributed by atoms with van der Waals surface area (Å²) in [6.07, 6.45) is 4.29. The number of ether oxygens (including phenoxy) is 2. The SMILES string of the molecule is CB(C)C(c1ccc(OC2CCCC(Cc3ccccc3)O2)c(C)c1)C(C)C. The van der Waals surface area contributed by atoms with Crippen LogP contribution in [-0.2, 0) is 11.2 Å². The summed E-state index contributed by atoms with van der Waals surface area (Å²) in [5, 5.41) is 0. The standard InChI is InChI=1S/C25H35BO2/c1-18(2)25(26(4)5)21-14-15-23(19(3)16-21)28-24-13-9-12-22(27-24)17-20-10-7-6-8-11-20/h6-8,10-11,14-16,18,22,24-25H,9,12-13,17H2,1-5H3. The van der Waals surface area contributed by atoms with Gasteiger partial charge in [-0.2, -0.15) is 0 Å². The average Bonchev–Trinajstić information content (AvgIpc) is 2.64. The summed E-state index contributed by atoms with van der Waals surface area (Å²) in [7, 11) is 0. The molecule has 3 atom stereocenters. The van der Waals surface area contributed by atoms with Crippen molar-refractivity contribution >= 4 is 6.71 Å². The zero-order valence-corrected chi connectivity index (χ0v) is 18.2. The van der Waals surface area contributed by atoms with Crippen LogP contribution >= 0.6 is 0 Å². The Kier molecular flexibility index (Phi) is 7.23. The Morgan fingerprint density at radius 3 is 2.46 bits per heavy atom. The fourth-order valence-electron chi connectivity index (χ4n) is 4.67. The molecular weight excluding hydrogens is 343 g/mol. The van der Waals surface area contributed by atoms with Gasteiger partial charge >= 0.3 is 0 Å². The highest BCUT2D eigenvalue weighted by atomic mass is 16.7. The van der Waals surface area contributed by atoms with Crippen LogP contribution in [0.2, 0.25) is 13.6 Å². The summed E-state index contributed by atoms with van der Waals surface area (Å²) in [5.74, 6) is 2.17. The van der Waals surface area contributed by atoms with E-state index >= 15 is 0 Å². The third-order valence-corrected chi connectivity index (χ3v) is 5.90. The van der Waals surface area contributed by atoms with Crippen molar-refractivity contribution in [2.24, 2.45) is 5.92 Å². The Hall–Kier alpha value is -1.74. The normalized spacial score (nSPS) is 20.8. The fourth-order valence-corrected chi connectivity index (χ4v) is 4.67. The third-order valence-electron chi connectivity index (χ3n) is 5.90. The van der Waals surface area contributed by atoms with Gasteiger partial charge in [0.25, 0.3) is 0 Å².